The van der Waals surface area contributed by atoms with Crippen LogP contribution in [-0.2, 0) is 12.8 Å². The van der Waals surface area contributed by atoms with Crippen LogP contribution >= 0.6 is 11.3 Å². The van der Waals surface area contributed by atoms with E-state index in [2.05, 4.69) is 16.4 Å². The van der Waals surface area contributed by atoms with Crippen LogP contribution in [0.5, 0.6) is 0 Å². The summed E-state index contributed by atoms with van der Waals surface area (Å²) in [5, 5.41) is 12.6. The second kappa shape index (κ2) is 5.62. The van der Waals surface area contributed by atoms with Gasteiger partial charge in [-0.3, -0.25) is 4.79 Å². The monoisotopic (exact) mass is 301 g/mol. The molecule has 2 heterocycles. The van der Waals surface area contributed by atoms with Gasteiger partial charge in [0.15, 0.2) is 0 Å². The molecule has 0 atom stereocenters. The van der Waals surface area contributed by atoms with Crippen molar-refractivity contribution in [3.63, 3.8) is 0 Å². The van der Waals surface area contributed by atoms with Crippen LogP contribution in [0.4, 0.5) is 9.39 Å². The normalized spacial score (nSPS) is 13.3. The van der Waals surface area contributed by atoms with Crippen molar-refractivity contribution < 1.29 is 9.18 Å². The quantitative estimate of drug-likeness (QED) is 0.866. The molecule has 0 radical (unpaired) electrons. The van der Waals surface area contributed by atoms with Crippen LogP contribution in [0.25, 0.3) is 0 Å². The number of nitrogens with zero attached hydrogens (tertiary/aromatic N) is 2. The first-order chi connectivity index (χ1) is 10.2. The third-order valence-corrected chi connectivity index (χ3v) is 4.67. The van der Waals surface area contributed by atoms with Crippen LogP contribution in [0.2, 0.25) is 0 Å². The Bertz CT molecular complexity index is 748. The Morgan fingerprint density at radius 3 is 2.95 bits per heavy atom. The first kappa shape index (κ1) is 13.7. The number of amides is 1. The van der Waals surface area contributed by atoms with Crippen molar-refractivity contribution >= 4 is 22.2 Å². The van der Waals surface area contributed by atoms with Crippen molar-refractivity contribution in [2.75, 3.05) is 5.32 Å². The summed E-state index contributed by atoms with van der Waals surface area (Å²) in [6, 6.07) is 6.23. The van der Waals surface area contributed by atoms with Crippen molar-refractivity contribution in [1.82, 2.24) is 4.98 Å². The number of fused-ring (bicyclic) bond motifs is 1. The van der Waals surface area contributed by atoms with Crippen molar-refractivity contribution in [2.45, 2.75) is 25.7 Å². The molecule has 0 fully saturated rings. The van der Waals surface area contributed by atoms with E-state index in [-0.39, 0.29) is 5.69 Å². The molecule has 0 unspecified atom stereocenters. The largest absolute Gasteiger partial charge is 0.311 e. The molecule has 2 aromatic heterocycles. The molecular formula is C15H12FN3OS. The van der Waals surface area contributed by atoms with Gasteiger partial charge in [-0.2, -0.15) is 9.65 Å². The molecule has 1 aliphatic rings. The predicted molar refractivity (Wildman–Crippen MR) is 77.8 cm³/mol. The summed E-state index contributed by atoms with van der Waals surface area (Å²) in [6.07, 6.45) is 4.00. The molecule has 4 nitrogen and oxygen atoms in total. The first-order valence-corrected chi connectivity index (χ1v) is 7.49. The molecule has 6 heteroatoms. The highest BCUT2D eigenvalue weighted by Gasteiger charge is 2.22. The van der Waals surface area contributed by atoms with E-state index < -0.39 is 11.9 Å². The number of carbonyl (C=O) groups excluding carboxylic acids is 1. The molecule has 21 heavy (non-hydrogen) atoms. The molecule has 0 aliphatic heterocycles. The third kappa shape index (κ3) is 2.65. The number of rotatable bonds is 2. The number of hydrogen-bond acceptors (Lipinski definition) is 4. The van der Waals surface area contributed by atoms with Crippen molar-refractivity contribution in [1.29, 1.82) is 5.26 Å². The number of aromatic nitrogens is 1. The molecule has 0 saturated carbocycles. The Balaban J connectivity index is 1.90. The number of thiophene rings is 1. The summed E-state index contributed by atoms with van der Waals surface area (Å²) in [5.74, 6) is -1.20. The minimum absolute atomic E-state index is 0.00487. The van der Waals surface area contributed by atoms with Crippen molar-refractivity contribution in [2.24, 2.45) is 0 Å². The van der Waals surface area contributed by atoms with Gasteiger partial charge in [-0.05, 0) is 43.4 Å². The predicted octanol–water partition coefficient (Wildman–Crippen LogP) is 3.28. The highest BCUT2D eigenvalue weighted by molar-refractivity contribution is 7.16. The van der Waals surface area contributed by atoms with Gasteiger partial charge in [-0.15, -0.1) is 11.3 Å². The molecule has 1 aliphatic carbocycles. The molecule has 0 bridgehead atoms. The molecular weight excluding hydrogens is 289 g/mol. The number of pyridine rings is 1. The fourth-order valence-electron chi connectivity index (χ4n) is 2.47. The van der Waals surface area contributed by atoms with Gasteiger partial charge in [0.2, 0.25) is 5.95 Å². The lowest BCUT2D eigenvalue weighted by Crippen LogP contribution is -2.14. The summed E-state index contributed by atoms with van der Waals surface area (Å²) < 4.78 is 13.1. The maximum absolute atomic E-state index is 13.1. The van der Waals surface area contributed by atoms with Crippen LogP contribution in [0.3, 0.4) is 0 Å². The molecule has 0 saturated heterocycles. The van der Waals surface area contributed by atoms with Gasteiger partial charge in [0.1, 0.15) is 16.8 Å². The van der Waals surface area contributed by atoms with Gasteiger partial charge in [0, 0.05) is 4.88 Å². The van der Waals surface area contributed by atoms with E-state index in [0.717, 1.165) is 31.2 Å². The lowest BCUT2D eigenvalue weighted by atomic mass is 9.96. The number of halogens is 1. The summed E-state index contributed by atoms with van der Waals surface area (Å²) in [6.45, 7) is 0. The maximum atomic E-state index is 13.1. The number of hydrogen-bond donors (Lipinski definition) is 1. The van der Waals surface area contributed by atoms with E-state index in [1.54, 1.807) is 0 Å². The van der Waals surface area contributed by atoms with Gasteiger partial charge in [-0.1, -0.05) is 6.07 Å². The van der Waals surface area contributed by atoms with E-state index in [9.17, 15) is 14.4 Å². The van der Waals surface area contributed by atoms with Crippen LogP contribution in [0.15, 0.2) is 18.2 Å². The lowest BCUT2D eigenvalue weighted by molar-refractivity contribution is 0.102. The average Bonchev–Trinajstić information content (AvgIpc) is 2.84. The van der Waals surface area contributed by atoms with Crippen LogP contribution < -0.4 is 5.32 Å². The minimum Gasteiger partial charge on any atom is -0.311 e. The van der Waals surface area contributed by atoms with Gasteiger partial charge < -0.3 is 5.32 Å². The van der Waals surface area contributed by atoms with E-state index >= 15 is 0 Å². The zero-order valence-electron chi connectivity index (χ0n) is 11.1. The number of aryl methyl sites for hydroxylation is 1. The Hall–Kier alpha value is -2.26. The molecule has 0 spiro atoms. The fraction of sp³-hybridized carbons (Fsp3) is 0.267. The minimum atomic E-state index is -0.700. The molecule has 1 amide bonds. The van der Waals surface area contributed by atoms with Crippen molar-refractivity contribution in [3.05, 3.63) is 45.8 Å². The molecule has 106 valence electrons. The smallest absolute Gasteiger partial charge is 0.275 e. The van der Waals surface area contributed by atoms with Gasteiger partial charge in [-0.25, -0.2) is 4.98 Å². The summed E-state index contributed by atoms with van der Waals surface area (Å²) in [5.41, 5.74) is 1.60. The summed E-state index contributed by atoms with van der Waals surface area (Å²) in [7, 11) is 0. The highest BCUT2D eigenvalue weighted by Crippen LogP contribution is 2.37. The number of anilines is 1. The highest BCUT2D eigenvalue weighted by atomic mass is 32.1. The van der Waals surface area contributed by atoms with Crippen LogP contribution in [0.1, 0.15) is 39.3 Å². The molecule has 0 aromatic carbocycles. The van der Waals surface area contributed by atoms with Gasteiger partial charge in [0.25, 0.3) is 5.91 Å². The zero-order valence-corrected chi connectivity index (χ0v) is 12.0. The van der Waals surface area contributed by atoms with Crippen molar-refractivity contribution in [3.8, 4) is 6.07 Å². The molecule has 2 aromatic rings. The van der Waals surface area contributed by atoms with E-state index in [1.165, 1.54) is 34.4 Å². The maximum Gasteiger partial charge on any atom is 0.275 e. The SMILES string of the molecule is N#Cc1c(NC(=O)c2cccc(F)n2)sc2c1CCCC2. The third-order valence-electron chi connectivity index (χ3n) is 3.46. The number of nitrogens with one attached hydrogen (secondary N) is 1. The lowest BCUT2D eigenvalue weighted by Gasteiger charge is -2.09. The van der Waals surface area contributed by atoms with Crippen LogP contribution in [-0.4, -0.2) is 10.9 Å². The van der Waals surface area contributed by atoms with E-state index in [4.69, 9.17) is 0 Å². The topological polar surface area (TPSA) is 65.8 Å². The average molecular weight is 301 g/mol. The second-order valence-corrected chi connectivity index (χ2v) is 5.93. The Morgan fingerprint density at radius 1 is 1.38 bits per heavy atom. The van der Waals surface area contributed by atoms with Gasteiger partial charge in [0.05, 0.1) is 5.56 Å². The molecule has 1 N–H and O–H groups in total. The summed E-state index contributed by atoms with van der Waals surface area (Å²) >= 11 is 1.44. The van der Waals surface area contributed by atoms with E-state index in [1.807, 2.05) is 0 Å². The van der Waals surface area contributed by atoms with E-state index in [0.29, 0.717) is 10.6 Å². The Labute approximate surface area is 125 Å². The van der Waals surface area contributed by atoms with Gasteiger partial charge >= 0.3 is 0 Å². The second-order valence-electron chi connectivity index (χ2n) is 4.83. The number of nitriles is 1. The molecule has 3 rings (SSSR count). The fourth-order valence-corrected chi connectivity index (χ4v) is 3.71. The standard InChI is InChI=1S/C15H12FN3OS/c16-13-7-3-5-11(18-13)14(20)19-15-10(8-17)9-4-1-2-6-12(9)21-15/h3,5,7H,1-2,4,6H2,(H,19,20). The Kier molecular flexibility index (Phi) is 3.67. The zero-order chi connectivity index (χ0) is 14.8. The Morgan fingerprint density at radius 2 is 2.19 bits per heavy atom. The summed E-state index contributed by atoms with van der Waals surface area (Å²) in [4.78, 5) is 16.8. The first-order valence-electron chi connectivity index (χ1n) is 6.67. The number of carbonyl (C=O) groups is 1. The van der Waals surface area contributed by atoms with Crippen LogP contribution in [0, 0.1) is 17.3 Å².